The lowest BCUT2D eigenvalue weighted by Gasteiger charge is -2.49. The molecule has 1 aromatic carbocycles. The first-order valence-corrected chi connectivity index (χ1v) is 11.6. The van der Waals surface area contributed by atoms with E-state index in [0.717, 1.165) is 57.5 Å². The number of nitrogens with zero attached hydrogens (tertiary/aromatic N) is 1. The molecular weight excluding hydrogens is 364 g/mol. The number of β-amino-alcohol motifs (C(OH)–C–C–N with tert-alkyl or cyclic N) is 1. The van der Waals surface area contributed by atoms with Gasteiger partial charge in [0.05, 0.1) is 26.4 Å². The fourth-order valence-electron chi connectivity index (χ4n) is 5.97. The minimum Gasteiger partial charge on any atom is -0.497 e. The Morgan fingerprint density at radius 2 is 2.14 bits per heavy atom. The van der Waals surface area contributed by atoms with E-state index in [1.54, 1.807) is 12.7 Å². The van der Waals surface area contributed by atoms with Crippen LogP contribution in [0.4, 0.5) is 0 Å². The topological polar surface area (TPSA) is 54.0 Å². The smallest absolute Gasteiger partial charge is 0.119 e. The van der Waals surface area contributed by atoms with E-state index in [9.17, 15) is 5.11 Å². The number of hydrogen-bond acceptors (Lipinski definition) is 5. The second kappa shape index (κ2) is 9.78. The summed E-state index contributed by atoms with van der Waals surface area (Å²) < 4.78 is 11.0. The molecule has 0 aromatic heterocycles. The van der Waals surface area contributed by atoms with E-state index in [4.69, 9.17) is 9.47 Å². The Labute approximate surface area is 175 Å². The van der Waals surface area contributed by atoms with Crippen molar-refractivity contribution < 1.29 is 14.6 Å². The first kappa shape index (κ1) is 21.1. The third-order valence-electron chi connectivity index (χ3n) is 7.52. The van der Waals surface area contributed by atoms with Crippen LogP contribution in [0.15, 0.2) is 18.2 Å². The van der Waals surface area contributed by atoms with Crippen LogP contribution in [0.25, 0.3) is 0 Å². The molecule has 4 rings (SSSR count). The van der Waals surface area contributed by atoms with Crippen molar-refractivity contribution in [3.05, 3.63) is 29.3 Å². The third-order valence-corrected chi connectivity index (χ3v) is 7.52. The van der Waals surface area contributed by atoms with Crippen LogP contribution in [0.5, 0.6) is 5.75 Å². The Morgan fingerprint density at radius 3 is 2.97 bits per heavy atom. The van der Waals surface area contributed by atoms with Crippen LogP contribution in [-0.2, 0) is 16.6 Å². The molecule has 3 aliphatic rings. The van der Waals surface area contributed by atoms with Crippen LogP contribution in [-0.4, -0.2) is 69.2 Å². The van der Waals surface area contributed by atoms with Gasteiger partial charge in [0.2, 0.25) is 0 Å². The lowest BCUT2D eigenvalue weighted by Crippen LogP contribution is -2.46. The molecule has 2 N–H and O–H groups in total. The molecule has 1 aliphatic heterocycles. The molecule has 5 heteroatoms. The molecule has 0 bridgehead atoms. The Kier molecular flexibility index (Phi) is 7.12. The molecule has 2 unspecified atom stereocenters. The molecule has 0 spiro atoms. The summed E-state index contributed by atoms with van der Waals surface area (Å²) in [6.45, 7) is 5.81. The zero-order valence-electron chi connectivity index (χ0n) is 18.0. The van der Waals surface area contributed by atoms with E-state index in [1.807, 2.05) is 0 Å². The van der Waals surface area contributed by atoms with Crippen molar-refractivity contribution in [2.45, 2.75) is 56.5 Å². The van der Waals surface area contributed by atoms with E-state index >= 15 is 0 Å². The largest absolute Gasteiger partial charge is 0.497 e. The maximum Gasteiger partial charge on any atom is 0.119 e. The fraction of sp³-hybridized carbons (Fsp3) is 0.750. The zero-order valence-corrected chi connectivity index (χ0v) is 18.0. The van der Waals surface area contributed by atoms with E-state index < -0.39 is 0 Å². The van der Waals surface area contributed by atoms with E-state index in [0.29, 0.717) is 6.54 Å². The van der Waals surface area contributed by atoms with E-state index in [1.165, 1.54) is 44.1 Å². The minimum absolute atomic E-state index is 0.280. The van der Waals surface area contributed by atoms with Gasteiger partial charge in [0, 0.05) is 26.2 Å². The summed E-state index contributed by atoms with van der Waals surface area (Å²) in [4.78, 5) is 2.30. The van der Waals surface area contributed by atoms with Crippen LogP contribution in [0, 0.1) is 5.92 Å². The number of aliphatic hydroxyl groups is 1. The first-order valence-electron chi connectivity index (χ1n) is 11.6. The van der Waals surface area contributed by atoms with Crippen molar-refractivity contribution in [1.29, 1.82) is 0 Å². The Bertz CT molecular complexity index is 662. The second-order valence-corrected chi connectivity index (χ2v) is 9.18. The molecule has 3 atom stereocenters. The van der Waals surface area contributed by atoms with Crippen molar-refractivity contribution >= 4 is 0 Å². The third kappa shape index (κ3) is 4.79. The number of aryl methyl sites for hydroxylation is 1. The Balaban J connectivity index is 1.37. The van der Waals surface area contributed by atoms with Crippen LogP contribution in [0.1, 0.15) is 49.7 Å². The summed E-state index contributed by atoms with van der Waals surface area (Å²) >= 11 is 0. The number of rotatable bonds is 8. The fourth-order valence-corrected chi connectivity index (χ4v) is 5.97. The van der Waals surface area contributed by atoms with E-state index in [-0.39, 0.29) is 11.5 Å². The standard InChI is InChI=1S/C24H38N2O3/c1-28-22-8-6-19-5-7-20-4-2-3-9-24(20,23(19)16-22)10-11-25-17-21(27)18-26-12-14-29-15-13-26/h6,8,16,20-21,25,27H,2-5,7,9-15,17-18H2,1H3/t20?,21?,24-/m0/s1. The van der Waals surface area contributed by atoms with Crippen molar-refractivity contribution in [3.63, 3.8) is 0 Å². The van der Waals surface area contributed by atoms with Crippen molar-refractivity contribution in [2.75, 3.05) is 53.0 Å². The summed E-state index contributed by atoms with van der Waals surface area (Å²) in [6, 6.07) is 6.73. The molecule has 5 nitrogen and oxygen atoms in total. The quantitative estimate of drug-likeness (QED) is 0.655. The number of morpholine rings is 1. The maximum absolute atomic E-state index is 10.4. The molecule has 162 valence electrons. The number of fused-ring (bicyclic) bond motifs is 3. The molecule has 1 heterocycles. The highest BCUT2D eigenvalue weighted by Gasteiger charge is 2.45. The Hall–Kier alpha value is -1.14. The molecule has 0 radical (unpaired) electrons. The summed E-state index contributed by atoms with van der Waals surface area (Å²) in [6.07, 6.45) is 8.71. The number of nitrogens with one attached hydrogen (secondary N) is 1. The van der Waals surface area contributed by atoms with Gasteiger partial charge in [-0.3, -0.25) is 4.90 Å². The van der Waals surface area contributed by atoms with Gasteiger partial charge in [-0.05, 0) is 73.2 Å². The summed E-state index contributed by atoms with van der Waals surface area (Å²) in [7, 11) is 1.77. The molecule has 29 heavy (non-hydrogen) atoms. The van der Waals surface area contributed by atoms with Gasteiger partial charge in [-0.15, -0.1) is 0 Å². The number of aliphatic hydroxyl groups excluding tert-OH is 1. The number of hydrogen-bond donors (Lipinski definition) is 2. The zero-order chi connectivity index (χ0) is 20.1. The van der Waals surface area contributed by atoms with Gasteiger partial charge in [0.25, 0.3) is 0 Å². The van der Waals surface area contributed by atoms with Gasteiger partial charge in [-0.25, -0.2) is 0 Å². The number of methoxy groups -OCH3 is 1. The van der Waals surface area contributed by atoms with Crippen LogP contribution < -0.4 is 10.1 Å². The normalized spacial score (nSPS) is 28.4. The highest BCUT2D eigenvalue weighted by atomic mass is 16.5. The number of ether oxygens (including phenoxy) is 2. The SMILES string of the molecule is COc1ccc2c(c1)[C@]1(CCNCC(O)CN3CCOCC3)CCCCC1CC2. The van der Waals surface area contributed by atoms with Gasteiger partial charge >= 0.3 is 0 Å². The highest BCUT2D eigenvalue weighted by Crippen LogP contribution is 2.52. The molecule has 1 saturated heterocycles. The molecule has 1 saturated carbocycles. The summed E-state index contributed by atoms with van der Waals surface area (Å²) in [5, 5.41) is 14.0. The monoisotopic (exact) mass is 402 g/mol. The van der Waals surface area contributed by atoms with Crippen LogP contribution >= 0.6 is 0 Å². The predicted molar refractivity (Wildman–Crippen MR) is 116 cm³/mol. The van der Waals surface area contributed by atoms with Gasteiger partial charge in [-0.2, -0.15) is 0 Å². The molecular formula is C24H38N2O3. The van der Waals surface area contributed by atoms with Crippen molar-refractivity contribution in [1.82, 2.24) is 10.2 Å². The van der Waals surface area contributed by atoms with Gasteiger partial charge in [0.1, 0.15) is 5.75 Å². The summed E-state index contributed by atoms with van der Waals surface area (Å²) in [5.41, 5.74) is 3.35. The second-order valence-electron chi connectivity index (χ2n) is 9.18. The molecule has 2 aliphatic carbocycles. The molecule has 2 fully saturated rings. The maximum atomic E-state index is 10.4. The van der Waals surface area contributed by atoms with Gasteiger partial charge in [-0.1, -0.05) is 18.9 Å². The van der Waals surface area contributed by atoms with Crippen LogP contribution in [0.2, 0.25) is 0 Å². The lowest BCUT2D eigenvalue weighted by molar-refractivity contribution is 0.0148. The first-order chi connectivity index (χ1) is 14.2. The number of benzene rings is 1. The Morgan fingerprint density at radius 1 is 1.28 bits per heavy atom. The van der Waals surface area contributed by atoms with Gasteiger partial charge < -0.3 is 19.9 Å². The predicted octanol–water partition coefficient (Wildman–Crippen LogP) is 2.74. The summed E-state index contributed by atoms with van der Waals surface area (Å²) in [5.74, 6) is 1.78. The van der Waals surface area contributed by atoms with Crippen LogP contribution in [0.3, 0.4) is 0 Å². The van der Waals surface area contributed by atoms with Crippen molar-refractivity contribution in [2.24, 2.45) is 5.92 Å². The minimum atomic E-state index is -0.313. The molecule has 1 aromatic rings. The van der Waals surface area contributed by atoms with E-state index in [2.05, 4.69) is 28.4 Å². The highest BCUT2D eigenvalue weighted by molar-refractivity contribution is 5.43. The average molecular weight is 403 g/mol. The average Bonchev–Trinajstić information content (AvgIpc) is 2.77. The molecule has 0 amide bonds. The lowest BCUT2D eigenvalue weighted by atomic mass is 9.56. The van der Waals surface area contributed by atoms with Crippen molar-refractivity contribution in [3.8, 4) is 5.75 Å². The van der Waals surface area contributed by atoms with Gasteiger partial charge in [0.15, 0.2) is 0 Å².